The van der Waals surface area contributed by atoms with E-state index in [1.807, 2.05) is 20.8 Å². The molecule has 0 bridgehead atoms. The van der Waals surface area contributed by atoms with Crippen LogP contribution in [0.15, 0.2) is 29.2 Å². The molecule has 9 nitrogen and oxygen atoms in total. The number of carbonyl (C=O) groups is 1. The molecule has 0 aromatic heterocycles. The van der Waals surface area contributed by atoms with E-state index in [1.165, 1.54) is 18.2 Å². The molecule has 0 atom stereocenters. The van der Waals surface area contributed by atoms with Crippen molar-refractivity contribution in [3.8, 4) is 0 Å². The van der Waals surface area contributed by atoms with Crippen LogP contribution < -0.4 is 10.0 Å². The normalized spacial score (nSPS) is 11.8. The quantitative estimate of drug-likeness (QED) is 0.381. The minimum atomic E-state index is -3.95. The Morgan fingerprint density at radius 2 is 1.85 bits per heavy atom. The standard InChI is InChI=1S/C16H25N3O6S/c1-16(2,3)18-15(20)25-12-8-4-7-11-17-26(23,24)14-10-6-5-9-13(14)19(21)22/h5-6,9-10,17H,4,7-8,11-12H2,1-3H3,(H,18,20). The molecular weight excluding hydrogens is 362 g/mol. The Morgan fingerprint density at radius 1 is 1.19 bits per heavy atom. The Balaban J connectivity index is 2.34. The molecule has 0 heterocycles. The van der Waals surface area contributed by atoms with E-state index in [1.54, 1.807) is 0 Å². The third-order valence-corrected chi connectivity index (χ3v) is 4.68. The number of nitro groups is 1. The molecule has 146 valence electrons. The molecule has 0 saturated heterocycles. The minimum absolute atomic E-state index is 0.141. The number of para-hydroxylation sites is 1. The third-order valence-electron chi connectivity index (χ3n) is 3.17. The van der Waals surface area contributed by atoms with E-state index in [9.17, 15) is 23.3 Å². The van der Waals surface area contributed by atoms with Crippen molar-refractivity contribution in [1.82, 2.24) is 10.0 Å². The summed E-state index contributed by atoms with van der Waals surface area (Å²) in [4.78, 5) is 21.3. The van der Waals surface area contributed by atoms with Gasteiger partial charge in [-0.1, -0.05) is 12.1 Å². The predicted molar refractivity (Wildman–Crippen MR) is 96.4 cm³/mol. The molecule has 1 aromatic carbocycles. The number of alkyl carbamates (subject to hydrolysis) is 1. The maximum absolute atomic E-state index is 12.2. The summed E-state index contributed by atoms with van der Waals surface area (Å²) in [5.74, 6) is 0. The Labute approximate surface area is 153 Å². The molecule has 0 aliphatic heterocycles. The van der Waals surface area contributed by atoms with E-state index < -0.39 is 26.7 Å². The number of ether oxygens (including phenoxy) is 1. The molecule has 0 radical (unpaired) electrons. The van der Waals surface area contributed by atoms with Crippen LogP contribution in [-0.4, -0.2) is 38.1 Å². The number of rotatable bonds is 9. The second-order valence-corrected chi connectivity index (χ2v) is 8.43. The highest BCUT2D eigenvalue weighted by Crippen LogP contribution is 2.22. The first-order chi connectivity index (χ1) is 12.0. The second-order valence-electron chi connectivity index (χ2n) is 6.69. The third kappa shape index (κ3) is 7.79. The van der Waals surface area contributed by atoms with Gasteiger partial charge < -0.3 is 10.1 Å². The van der Waals surface area contributed by atoms with Gasteiger partial charge in [-0.25, -0.2) is 17.9 Å². The van der Waals surface area contributed by atoms with Crippen molar-refractivity contribution >= 4 is 21.8 Å². The molecule has 2 N–H and O–H groups in total. The van der Waals surface area contributed by atoms with Gasteiger partial charge in [0.25, 0.3) is 5.69 Å². The highest BCUT2D eigenvalue weighted by Gasteiger charge is 2.24. The van der Waals surface area contributed by atoms with Gasteiger partial charge in [0.15, 0.2) is 4.90 Å². The van der Waals surface area contributed by atoms with Gasteiger partial charge in [-0.15, -0.1) is 0 Å². The zero-order valence-electron chi connectivity index (χ0n) is 15.1. The van der Waals surface area contributed by atoms with Crippen LogP contribution in [0.2, 0.25) is 0 Å². The van der Waals surface area contributed by atoms with Gasteiger partial charge >= 0.3 is 6.09 Å². The lowest BCUT2D eigenvalue weighted by atomic mass is 10.1. The van der Waals surface area contributed by atoms with E-state index >= 15 is 0 Å². The van der Waals surface area contributed by atoms with Crippen LogP contribution in [0.4, 0.5) is 10.5 Å². The predicted octanol–water partition coefficient (Wildman–Crippen LogP) is 2.57. The van der Waals surface area contributed by atoms with Gasteiger partial charge in [-0.3, -0.25) is 10.1 Å². The fourth-order valence-corrected chi connectivity index (χ4v) is 3.27. The van der Waals surface area contributed by atoms with Crippen LogP contribution in [-0.2, 0) is 14.8 Å². The van der Waals surface area contributed by atoms with Crippen LogP contribution in [0.1, 0.15) is 40.0 Å². The van der Waals surface area contributed by atoms with Crippen LogP contribution in [0.5, 0.6) is 0 Å². The van der Waals surface area contributed by atoms with Crippen molar-refractivity contribution in [3.63, 3.8) is 0 Å². The van der Waals surface area contributed by atoms with E-state index in [-0.39, 0.29) is 23.6 Å². The number of nitrogens with one attached hydrogen (secondary N) is 2. The molecule has 26 heavy (non-hydrogen) atoms. The van der Waals surface area contributed by atoms with Crippen molar-refractivity contribution in [2.24, 2.45) is 0 Å². The Hall–Kier alpha value is -2.20. The summed E-state index contributed by atoms with van der Waals surface area (Å²) >= 11 is 0. The smallest absolute Gasteiger partial charge is 0.407 e. The Bertz CT molecular complexity index is 728. The first-order valence-corrected chi connectivity index (χ1v) is 9.69. The van der Waals surface area contributed by atoms with Crippen LogP contribution >= 0.6 is 0 Å². The van der Waals surface area contributed by atoms with Crippen molar-refractivity contribution in [2.45, 2.75) is 50.5 Å². The topological polar surface area (TPSA) is 128 Å². The lowest BCUT2D eigenvalue weighted by molar-refractivity contribution is -0.387. The number of hydrogen-bond donors (Lipinski definition) is 2. The van der Waals surface area contributed by atoms with Crippen LogP contribution in [0.25, 0.3) is 0 Å². The lowest BCUT2D eigenvalue weighted by Crippen LogP contribution is -2.41. The largest absolute Gasteiger partial charge is 0.450 e. The van der Waals surface area contributed by atoms with Crippen molar-refractivity contribution in [2.75, 3.05) is 13.2 Å². The summed E-state index contributed by atoms with van der Waals surface area (Å²) in [5, 5.41) is 13.6. The summed E-state index contributed by atoms with van der Waals surface area (Å²) in [5.41, 5.74) is -0.826. The zero-order valence-corrected chi connectivity index (χ0v) is 16.0. The van der Waals surface area contributed by atoms with Crippen LogP contribution in [0, 0.1) is 10.1 Å². The number of hydrogen-bond acceptors (Lipinski definition) is 6. The lowest BCUT2D eigenvalue weighted by Gasteiger charge is -2.19. The monoisotopic (exact) mass is 387 g/mol. The second kappa shape index (κ2) is 9.48. The summed E-state index contributed by atoms with van der Waals surface area (Å²) in [6.07, 6.45) is 1.26. The van der Waals surface area contributed by atoms with Crippen molar-refractivity contribution < 1.29 is 22.9 Å². The zero-order chi connectivity index (χ0) is 19.8. The SMILES string of the molecule is CC(C)(C)NC(=O)OCCCCCNS(=O)(=O)c1ccccc1[N+](=O)[O-]. The summed E-state index contributed by atoms with van der Waals surface area (Å²) in [6, 6.07) is 5.19. The first-order valence-electron chi connectivity index (χ1n) is 8.21. The average molecular weight is 387 g/mol. The number of unbranched alkanes of at least 4 members (excludes halogenated alkanes) is 2. The van der Waals surface area contributed by atoms with Gasteiger partial charge in [0.2, 0.25) is 10.0 Å². The fraction of sp³-hybridized carbons (Fsp3) is 0.562. The van der Waals surface area contributed by atoms with E-state index in [0.29, 0.717) is 19.3 Å². The molecule has 0 saturated carbocycles. The molecule has 1 amide bonds. The summed E-state index contributed by atoms with van der Waals surface area (Å²) in [7, 11) is -3.95. The highest BCUT2D eigenvalue weighted by atomic mass is 32.2. The van der Waals surface area contributed by atoms with E-state index in [0.717, 1.165) is 6.07 Å². The molecule has 10 heteroatoms. The van der Waals surface area contributed by atoms with E-state index in [4.69, 9.17) is 4.74 Å². The Kier molecular flexibility index (Phi) is 7.97. The minimum Gasteiger partial charge on any atom is -0.450 e. The number of sulfonamides is 1. The molecule has 0 spiro atoms. The first kappa shape index (κ1) is 21.8. The Morgan fingerprint density at radius 3 is 2.46 bits per heavy atom. The summed E-state index contributed by atoms with van der Waals surface area (Å²) in [6.45, 7) is 5.91. The molecule has 0 fully saturated rings. The maximum atomic E-state index is 12.2. The molecular formula is C16H25N3O6S. The van der Waals surface area contributed by atoms with Crippen molar-refractivity contribution in [1.29, 1.82) is 0 Å². The number of nitro benzene ring substituents is 1. The van der Waals surface area contributed by atoms with Gasteiger partial charge in [0.1, 0.15) is 0 Å². The number of nitrogens with zero attached hydrogens (tertiary/aromatic N) is 1. The number of carbonyl (C=O) groups excluding carboxylic acids is 1. The molecule has 1 aromatic rings. The molecule has 0 unspecified atom stereocenters. The highest BCUT2D eigenvalue weighted by molar-refractivity contribution is 7.89. The number of benzene rings is 1. The van der Waals surface area contributed by atoms with Gasteiger partial charge in [0.05, 0.1) is 11.5 Å². The van der Waals surface area contributed by atoms with Gasteiger partial charge in [-0.05, 0) is 46.1 Å². The van der Waals surface area contributed by atoms with E-state index in [2.05, 4.69) is 10.0 Å². The molecule has 1 rings (SSSR count). The van der Waals surface area contributed by atoms with Crippen LogP contribution in [0.3, 0.4) is 0 Å². The summed E-state index contributed by atoms with van der Waals surface area (Å²) < 4.78 is 31.7. The molecule has 0 aliphatic carbocycles. The number of amides is 1. The van der Waals surface area contributed by atoms with Crippen molar-refractivity contribution in [3.05, 3.63) is 34.4 Å². The molecule has 0 aliphatic rings. The fourth-order valence-electron chi connectivity index (χ4n) is 2.03. The maximum Gasteiger partial charge on any atom is 0.407 e. The van der Waals surface area contributed by atoms with Gasteiger partial charge in [-0.2, -0.15) is 0 Å². The average Bonchev–Trinajstić information content (AvgIpc) is 2.52. The van der Waals surface area contributed by atoms with Gasteiger partial charge in [0, 0.05) is 18.2 Å².